The molecule has 2 N–H and O–H groups in total. The highest BCUT2D eigenvalue weighted by atomic mass is 32.2. The molecule has 0 aliphatic carbocycles. The van der Waals surface area contributed by atoms with Crippen molar-refractivity contribution < 1.29 is 23.1 Å². The van der Waals surface area contributed by atoms with Gasteiger partial charge >= 0.3 is 5.97 Å². The van der Waals surface area contributed by atoms with Gasteiger partial charge in [0, 0.05) is 11.8 Å². The molecule has 0 aliphatic heterocycles. The van der Waals surface area contributed by atoms with Gasteiger partial charge < -0.3 is 5.11 Å². The predicted octanol–water partition coefficient (Wildman–Crippen LogP) is 1.42. The molecule has 0 fully saturated rings. The van der Waals surface area contributed by atoms with Crippen molar-refractivity contribution >= 4 is 21.8 Å². The number of sulfonamides is 1. The first-order valence-corrected chi connectivity index (χ1v) is 7.86. The van der Waals surface area contributed by atoms with Crippen LogP contribution in [0.5, 0.6) is 0 Å². The first-order chi connectivity index (χ1) is 9.54. The zero-order valence-corrected chi connectivity index (χ0v) is 13.0. The van der Waals surface area contributed by atoms with Crippen molar-refractivity contribution in [2.24, 2.45) is 5.41 Å². The van der Waals surface area contributed by atoms with Gasteiger partial charge in [-0.3, -0.25) is 9.59 Å². The molecular formula is C14H19NO5S. The van der Waals surface area contributed by atoms with Gasteiger partial charge in [0.25, 0.3) is 0 Å². The van der Waals surface area contributed by atoms with E-state index in [0.717, 1.165) is 0 Å². The molecule has 0 aliphatic rings. The Balaban J connectivity index is 2.95. The van der Waals surface area contributed by atoms with Gasteiger partial charge in [0.1, 0.15) is 11.8 Å². The Hall–Kier alpha value is -1.73. The predicted molar refractivity (Wildman–Crippen MR) is 77.3 cm³/mol. The number of carboxylic acid groups (broad SMARTS) is 1. The minimum atomic E-state index is -3.98. The van der Waals surface area contributed by atoms with Gasteiger partial charge in [-0.15, -0.1) is 0 Å². The molecule has 21 heavy (non-hydrogen) atoms. The summed E-state index contributed by atoms with van der Waals surface area (Å²) >= 11 is 0. The van der Waals surface area contributed by atoms with Crippen molar-refractivity contribution in [3.05, 3.63) is 30.3 Å². The molecule has 0 spiro atoms. The molecule has 0 heterocycles. The van der Waals surface area contributed by atoms with Crippen LogP contribution in [0, 0.1) is 5.41 Å². The molecular weight excluding hydrogens is 294 g/mol. The van der Waals surface area contributed by atoms with Crippen LogP contribution in [0.4, 0.5) is 0 Å². The summed E-state index contributed by atoms with van der Waals surface area (Å²) in [6, 6.07) is 5.94. The summed E-state index contributed by atoms with van der Waals surface area (Å²) in [7, 11) is -3.98. The first-order valence-electron chi connectivity index (χ1n) is 6.37. The summed E-state index contributed by atoms with van der Waals surface area (Å²) in [6.07, 6.45) is -0.398. The number of Topliss-reactive ketones (excluding diaryl/α,β-unsaturated/α-hetero) is 1. The Bertz CT molecular complexity index is 617. The molecule has 1 rings (SSSR count). The molecule has 116 valence electrons. The van der Waals surface area contributed by atoms with Gasteiger partial charge in [-0.25, -0.2) is 8.42 Å². The third-order valence-corrected chi connectivity index (χ3v) is 4.36. The molecule has 0 radical (unpaired) electrons. The van der Waals surface area contributed by atoms with Gasteiger partial charge in [-0.1, -0.05) is 39.0 Å². The number of carbonyl (C=O) groups excluding carboxylic acids is 1. The van der Waals surface area contributed by atoms with Crippen LogP contribution in [0.2, 0.25) is 0 Å². The van der Waals surface area contributed by atoms with Crippen molar-refractivity contribution in [1.82, 2.24) is 4.72 Å². The number of nitrogens with one attached hydrogen (secondary N) is 1. The van der Waals surface area contributed by atoms with Crippen LogP contribution in [0.3, 0.4) is 0 Å². The second-order valence-electron chi connectivity index (χ2n) is 5.70. The lowest BCUT2D eigenvalue weighted by atomic mass is 9.87. The second kappa shape index (κ2) is 6.36. The molecule has 0 amide bonds. The van der Waals surface area contributed by atoms with E-state index >= 15 is 0 Å². The molecule has 1 atom stereocenters. The SMILES string of the molecule is CC(C)(C)C(=O)CC(NS(=O)(=O)c1ccccc1)C(=O)O. The van der Waals surface area contributed by atoms with Crippen molar-refractivity contribution in [3.8, 4) is 0 Å². The van der Waals surface area contributed by atoms with Crippen LogP contribution in [-0.4, -0.2) is 31.3 Å². The molecule has 7 heteroatoms. The van der Waals surface area contributed by atoms with Crippen LogP contribution < -0.4 is 4.72 Å². The maximum atomic E-state index is 12.1. The number of carbonyl (C=O) groups is 2. The fraction of sp³-hybridized carbons (Fsp3) is 0.429. The molecule has 1 unspecified atom stereocenters. The normalized spacial score (nSPS) is 13.7. The van der Waals surface area contributed by atoms with Crippen molar-refractivity contribution in [2.45, 2.75) is 38.1 Å². The zero-order chi connectivity index (χ0) is 16.3. The number of benzene rings is 1. The Morgan fingerprint density at radius 1 is 1.19 bits per heavy atom. The highest BCUT2D eigenvalue weighted by molar-refractivity contribution is 7.89. The molecule has 0 bridgehead atoms. The zero-order valence-electron chi connectivity index (χ0n) is 12.2. The maximum absolute atomic E-state index is 12.1. The fourth-order valence-corrected chi connectivity index (χ4v) is 2.74. The minimum absolute atomic E-state index is 0.0422. The average molecular weight is 313 g/mol. The second-order valence-corrected chi connectivity index (χ2v) is 7.42. The van der Waals surface area contributed by atoms with Gasteiger partial charge in [0.15, 0.2) is 0 Å². The molecule has 1 aromatic rings. The standard InChI is InChI=1S/C14H19NO5S/c1-14(2,3)12(16)9-11(13(17)18)15-21(19,20)10-7-5-4-6-8-10/h4-8,11,15H,9H2,1-3H3,(H,17,18). The first kappa shape index (κ1) is 17.3. The van der Waals surface area contributed by atoms with E-state index in [-0.39, 0.29) is 10.7 Å². The van der Waals surface area contributed by atoms with Crippen molar-refractivity contribution in [1.29, 1.82) is 0 Å². The third-order valence-electron chi connectivity index (χ3n) is 2.88. The van der Waals surface area contributed by atoms with E-state index in [1.165, 1.54) is 24.3 Å². The van der Waals surface area contributed by atoms with Crippen molar-refractivity contribution in [2.75, 3.05) is 0 Å². The summed E-state index contributed by atoms with van der Waals surface area (Å²) in [5.74, 6) is -1.71. The van der Waals surface area contributed by atoms with E-state index in [4.69, 9.17) is 5.11 Å². The van der Waals surface area contributed by atoms with Gasteiger partial charge in [0.2, 0.25) is 10.0 Å². The summed E-state index contributed by atoms with van der Waals surface area (Å²) in [5, 5.41) is 9.12. The van der Waals surface area contributed by atoms with E-state index in [0.29, 0.717) is 0 Å². The number of aliphatic carboxylic acids is 1. The van der Waals surface area contributed by atoms with Gasteiger partial charge in [-0.05, 0) is 12.1 Å². The van der Waals surface area contributed by atoms with Crippen LogP contribution in [0.25, 0.3) is 0 Å². The van der Waals surface area contributed by atoms with Gasteiger partial charge in [0.05, 0.1) is 4.90 Å². The molecule has 1 aromatic carbocycles. The lowest BCUT2D eigenvalue weighted by molar-refractivity contribution is -0.141. The number of hydrogen-bond donors (Lipinski definition) is 2. The van der Waals surface area contributed by atoms with Crippen LogP contribution in [0.15, 0.2) is 35.2 Å². The van der Waals surface area contributed by atoms with Gasteiger partial charge in [-0.2, -0.15) is 4.72 Å². The topological polar surface area (TPSA) is 101 Å². The van der Waals surface area contributed by atoms with Crippen molar-refractivity contribution in [3.63, 3.8) is 0 Å². The highest BCUT2D eigenvalue weighted by Crippen LogP contribution is 2.19. The maximum Gasteiger partial charge on any atom is 0.322 e. The van der Waals surface area contributed by atoms with Crippen LogP contribution in [-0.2, 0) is 19.6 Å². The Morgan fingerprint density at radius 2 is 1.71 bits per heavy atom. The lowest BCUT2D eigenvalue weighted by Crippen LogP contribution is -2.43. The molecule has 0 saturated carbocycles. The Kier molecular flexibility index (Phi) is 5.25. The summed E-state index contributed by atoms with van der Waals surface area (Å²) in [4.78, 5) is 23.1. The number of carboxylic acids is 1. The average Bonchev–Trinajstić information content (AvgIpc) is 2.37. The summed E-state index contributed by atoms with van der Waals surface area (Å²) < 4.78 is 26.2. The molecule has 6 nitrogen and oxygen atoms in total. The monoisotopic (exact) mass is 313 g/mol. The fourth-order valence-electron chi connectivity index (χ4n) is 1.53. The van der Waals surface area contributed by atoms with E-state index in [1.54, 1.807) is 26.8 Å². The Labute approximate surface area is 124 Å². The Morgan fingerprint density at radius 3 is 2.14 bits per heavy atom. The highest BCUT2D eigenvalue weighted by Gasteiger charge is 2.31. The van der Waals surface area contributed by atoms with Crippen LogP contribution in [0.1, 0.15) is 27.2 Å². The van der Waals surface area contributed by atoms with E-state index in [2.05, 4.69) is 4.72 Å². The molecule has 0 aromatic heterocycles. The minimum Gasteiger partial charge on any atom is -0.480 e. The number of hydrogen-bond acceptors (Lipinski definition) is 4. The largest absolute Gasteiger partial charge is 0.480 e. The smallest absolute Gasteiger partial charge is 0.322 e. The van der Waals surface area contributed by atoms with E-state index < -0.39 is 33.9 Å². The van der Waals surface area contributed by atoms with E-state index in [1.807, 2.05) is 0 Å². The lowest BCUT2D eigenvalue weighted by Gasteiger charge is -2.20. The summed E-state index contributed by atoms with van der Waals surface area (Å²) in [6.45, 7) is 4.96. The van der Waals surface area contributed by atoms with Crippen LogP contribution >= 0.6 is 0 Å². The molecule has 0 saturated heterocycles. The third kappa shape index (κ3) is 4.95. The number of ketones is 1. The van der Waals surface area contributed by atoms with E-state index in [9.17, 15) is 18.0 Å². The quantitative estimate of drug-likeness (QED) is 0.827. The summed E-state index contributed by atoms with van der Waals surface area (Å²) in [5.41, 5.74) is -0.730. The number of rotatable bonds is 6.